The molecule has 0 amide bonds. The summed E-state index contributed by atoms with van der Waals surface area (Å²) in [6, 6.07) is 1.01. The van der Waals surface area contributed by atoms with E-state index in [1.807, 2.05) is 0 Å². The molecule has 2 aromatic rings. The topological polar surface area (TPSA) is 126 Å². The Bertz CT molecular complexity index is 881. The quantitative estimate of drug-likeness (QED) is 0.707. The molecule has 0 spiro atoms. The monoisotopic (exact) mass is 322 g/mol. The first-order chi connectivity index (χ1) is 10.8. The molecule has 3 rings (SSSR count). The number of hydrogen-bond donors (Lipinski definition) is 3. The average Bonchev–Trinajstić information content (AvgIpc) is 2.49. The Morgan fingerprint density at radius 3 is 2.70 bits per heavy atom. The molecule has 0 bridgehead atoms. The molecule has 1 atom stereocenters. The second-order valence-electron chi connectivity index (χ2n) is 5.43. The summed E-state index contributed by atoms with van der Waals surface area (Å²) in [4.78, 5) is 24.0. The molecule has 8 heteroatoms. The van der Waals surface area contributed by atoms with Crippen molar-refractivity contribution in [3.05, 3.63) is 33.2 Å². The average molecular weight is 322 g/mol. The summed E-state index contributed by atoms with van der Waals surface area (Å²) >= 11 is 0. The van der Waals surface area contributed by atoms with Crippen LogP contribution in [0.4, 0.5) is 0 Å². The number of hydrogen-bond acceptors (Lipinski definition) is 7. The van der Waals surface area contributed by atoms with Gasteiger partial charge in [-0.2, -0.15) is 0 Å². The number of phenols is 2. The standard InChI is InChI=1S/C15H14O8/c1-15(21-2)4-9-6(5-22-15)12(17)10-8(23-9)3-7(16)13(18)11(10)14(19)20/h3,16,18H,4-5H2,1-2H3,(H,19,20). The van der Waals surface area contributed by atoms with Gasteiger partial charge in [0.2, 0.25) is 0 Å². The van der Waals surface area contributed by atoms with E-state index in [1.165, 1.54) is 7.11 Å². The van der Waals surface area contributed by atoms with Crippen molar-refractivity contribution in [2.24, 2.45) is 0 Å². The van der Waals surface area contributed by atoms with E-state index in [1.54, 1.807) is 6.92 Å². The van der Waals surface area contributed by atoms with Gasteiger partial charge in [0.05, 0.1) is 24.0 Å². The van der Waals surface area contributed by atoms with Crippen molar-refractivity contribution < 1.29 is 34.0 Å². The molecular weight excluding hydrogens is 308 g/mol. The predicted molar refractivity (Wildman–Crippen MR) is 76.7 cm³/mol. The van der Waals surface area contributed by atoms with Crippen molar-refractivity contribution in [3.63, 3.8) is 0 Å². The van der Waals surface area contributed by atoms with Crippen molar-refractivity contribution in [3.8, 4) is 11.5 Å². The number of benzene rings is 1. The Morgan fingerprint density at radius 1 is 1.39 bits per heavy atom. The zero-order valence-corrected chi connectivity index (χ0v) is 12.4. The maximum absolute atomic E-state index is 12.6. The number of ether oxygens (including phenoxy) is 2. The molecule has 1 unspecified atom stereocenters. The molecular formula is C15H14O8. The van der Waals surface area contributed by atoms with Crippen molar-refractivity contribution in [1.29, 1.82) is 0 Å². The van der Waals surface area contributed by atoms with Gasteiger partial charge in [0, 0.05) is 13.2 Å². The number of aromatic hydroxyl groups is 2. The van der Waals surface area contributed by atoms with Crippen LogP contribution in [0.1, 0.15) is 28.6 Å². The van der Waals surface area contributed by atoms with Crippen LogP contribution in [-0.4, -0.2) is 34.2 Å². The summed E-state index contributed by atoms with van der Waals surface area (Å²) in [6.07, 6.45) is 0.147. The zero-order valence-electron chi connectivity index (χ0n) is 12.4. The molecule has 1 aromatic heterocycles. The van der Waals surface area contributed by atoms with Crippen LogP contribution in [0, 0.1) is 0 Å². The smallest absolute Gasteiger partial charge is 0.340 e. The fourth-order valence-electron chi connectivity index (χ4n) is 2.61. The van der Waals surface area contributed by atoms with E-state index in [0.717, 1.165) is 6.07 Å². The molecule has 0 radical (unpaired) electrons. The van der Waals surface area contributed by atoms with Gasteiger partial charge >= 0.3 is 5.97 Å². The first kappa shape index (κ1) is 15.3. The van der Waals surface area contributed by atoms with E-state index in [2.05, 4.69) is 0 Å². The molecule has 23 heavy (non-hydrogen) atoms. The summed E-state index contributed by atoms with van der Waals surface area (Å²) in [5, 5.41) is 28.3. The summed E-state index contributed by atoms with van der Waals surface area (Å²) in [7, 11) is 1.45. The first-order valence-corrected chi connectivity index (χ1v) is 6.73. The summed E-state index contributed by atoms with van der Waals surface area (Å²) in [5.41, 5.74) is -1.27. The van der Waals surface area contributed by atoms with E-state index < -0.39 is 34.2 Å². The van der Waals surface area contributed by atoms with Gasteiger partial charge in [-0.15, -0.1) is 0 Å². The van der Waals surface area contributed by atoms with Gasteiger partial charge in [-0.25, -0.2) is 4.79 Å². The lowest BCUT2D eigenvalue weighted by Crippen LogP contribution is -2.39. The second-order valence-corrected chi connectivity index (χ2v) is 5.43. The molecule has 0 aliphatic carbocycles. The van der Waals surface area contributed by atoms with Crippen molar-refractivity contribution in [2.45, 2.75) is 25.7 Å². The van der Waals surface area contributed by atoms with E-state index >= 15 is 0 Å². The first-order valence-electron chi connectivity index (χ1n) is 6.73. The van der Waals surface area contributed by atoms with Gasteiger partial charge in [0.25, 0.3) is 0 Å². The van der Waals surface area contributed by atoms with Crippen molar-refractivity contribution in [2.75, 3.05) is 7.11 Å². The maximum atomic E-state index is 12.6. The van der Waals surface area contributed by atoms with E-state index in [9.17, 15) is 24.9 Å². The summed E-state index contributed by atoms with van der Waals surface area (Å²) in [6.45, 7) is 1.57. The highest BCUT2D eigenvalue weighted by Crippen LogP contribution is 2.37. The van der Waals surface area contributed by atoms with Gasteiger partial charge in [-0.05, 0) is 6.92 Å². The second kappa shape index (κ2) is 4.97. The van der Waals surface area contributed by atoms with Gasteiger partial charge < -0.3 is 29.2 Å². The third kappa shape index (κ3) is 2.23. The molecule has 3 N–H and O–H groups in total. The molecule has 8 nitrogen and oxygen atoms in total. The number of fused-ring (bicyclic) bond motifs is 2. The number of methoxy groups -OCH3 is 1. The van der Waals surface area contributed by atoms with E-state index in [4.69, 9.17) is 13.9 Å². The molecule has 1 aromatic carbocycles. The minimum atomic E-state index is -1.55. The maximum Gasteiger partial charge on any atom is 0.340 e. The Kier molecular flexibility index (Phi) is 3.31. The van der Waals surface area contributed by atoms with Crippen LogP contribution in [0.5, 0.6) is 11.5 Å². The minimum Gasteiger partial charge on any atom is -0.504 e. The third-order valence-electron chi connectivity index (χ3n) is 3.96. The summed E-state index contributed by atoms with van der Waals surface area (Å²) in [5.74, 6) is -3.78. The molecule has 0 saturated carbocycles. The fraction of sp³-hybridized carbons (Fsp3) is 0.333. The van der Waals surface area contributed by atoms with Crippen LogP contribution in [0.15, 0.2) is 15.3 Å². The number of aromatic carboxylic acids is 1. The number of phenolic OH excluding ortho intramolecular Hbond substituents is 1. The summed E-state index contributed by atoms with van der Waals surface area (Å²) < 4.78 is 16.3. The Labute approximate surface area is 129 Å². The molecule has 0 fully saturated rings. The lowest BCUT2D eigenvalue weighted by molar-refractivity contribution is -0.225. The van der Waals surface area contributed by atoms with Gasteiger partial charge in [0.1, 0.15) is 16.9 Å². The predicted octanol–water partition coefficient (Wildman–Crippen LogP) is 1.34. The van der Waals surface area contributed by atoms with Crippen molar-refractivity contribution >= 4 is 16.9 Å². The van der Waals surface area contributed by atoms with Crippen LogP contribution in [0.3, 0.4) is 0 Å². The largest absolute Gasteiger partial charge is 0.504 e. The number of carboxylic acid groups (broad SMARTS) is 1. The lowest BCUT2D eigenvalue weighted by Gasteiger charge is -2.32. The van der Waals surface area contributed by atoms with Crippen LogP contribution in [0.25, 0.3) is 11.0 Å². The highest BCUT2D eigenvalue weighted by atomic mass is 16.7. The molecule has 2 heterocycles. The third-order valence-corrected chi connectivity index (χ3v) is 3.96. The number of carboxylic acids is 1. The van der Waals surface area contributed by atoms with Gasteiger partial charge in [-0.1, -0.05) is 0 Å². The minimum absolute atomic E-state index is 0.112. The van der Waals surface area contributed by atoms with Gasteiger partial charge in [-0.3, -0.25) is 4.79 Å². The van der Waals surface area contributed by atoms with Crippen LogP contribution >= 0.6 is 0 Å². The van der Waals surface area contributed by atoms with Crippen LogP contribution in [0.2, 0.25) is 0 Å². The lowest BCUT2D eigenvalue weighted by atomic mass is 9.99. The van der Waals surface area contributed by atoms with E-state index in [0.29, 0.717) is 5.76 Å². The zero-order chi connectivity index (χ0) is 16.9. The molecule has 1 aliphatic rings. The molecule has 1 aliphatic heterocycles. The highest BCUT2D eigenvalue weighted by Gasteiger charge is 2.35. The number of rotatable bonds is 2. The van der Waals surface area contributed by atoms with Crippen LogP contribution in [-0.2, 0) is 22.5 Å². The number of carbonyl (C=O) groups is 1. The Hall–Kier alpha value is -2.58. The van der Waals surface area contributed by atoms with Crippen molar-refractivity contribution in [1.82, 2.24) is 0 Å². The Morgan fingerprint density at radius 2 is 2.09 bits per heavy atom. The van der Waals surface area contributed by atoms with Crippen LogP contribution < -0.4 is 5.43 Å². The van der Waals surface area contributed by atoms with E-state index in [-0.39, 0.29) is 29.6 Å². The molecule has 0 saturated heterocycles. The normalized spacial score (nSPS) is 20.4. The van der Waals surface area contributed by atoms with Gasteiger partial charge in [0.15, 0.2) is 22.7 Å². The Balaban J connectivity index is 2.37. The SMILES string of the molecule is COC1(C)Cc2oc3cc(O)c(O)c(C(=O)O)c3c(=O)c2CO1. The highest BCUT2D eigenvalue weighted by molar-refractivity contribution is 6.06. The molecule has 122 valence electrons. The fourth-order valence-corrected chi connectivity index (χ4v) is 2.61.